The smallest absolute Gasteiger partial charge is 0.315 e. The molecule has 0 saturated heterocycles. The fraction of sp³-hybridized carbons (Fsp3) is 0.571. The molecular formula is C14H20N2O3S. The van der Waals surface area contributed by atoms with Gasteiger partial charge in [0.2, 0.25) is 0 Å². The van der Waals surface area contributed by atoms with E-state index in [-0.39, 0.29) is 12.1 Å². The Morgan fingerprint density at radius 2 is 2.20 bits per heavy atom. The van der Waals surface area contributed by atoms with Crippen molar-refractivity contribution in [2.24, 2.45) is 5.92 Å². The molecular weight excluding hydrogens is 276 g/mol. The second-order valence-electron chi connectivity index (χ2n) is 5.28. The van der Waals surface area contributed by atoms with Crippen LogP contribution < -0.4 is 10.6 Å². The maximum atomic E-state index is 12.0. The average molecular weight is 296 g/mol. The largest absolute Gasteiger partial charge is 0.481 e. The molecule has 0 aliphatic heterocycles. The Hall–Kier alpha value is -1.56. The molecule has 2 rings (SSSR count). The van der Waals surface area contributed by atoms with Crippen molar-refractivity contribution >= 4 is 23.3 Å². The monoisotopic (exact) mass is 296 g/mol. The predicted octanol–water partition coefficient (Wildman–Crippen LogP) is 2.53. The molecule has 0 spiro atoms. The van der Waals surface area contributed by atoms with Crippen molar-refractivity contribution in [1.82, 2.24) is 10.6 Å². The van der Waals surface area contributed by atoms with E-state index < -0.39 is 17.9 Å². The summed E-state index contributed by atoms with van der Waals surface area (Å²) in [6, 6.07) is 1.40. The van der Waals surface area contributed by atoms with Crippen LogP contribution in [0.4, 0.5) is 4.79 Å². The van der Waals surface area contributed by atoms with E-state index in [1.54, 1.807) is 25.2 Å². The molecule has 3 unspecified atom stereocenters. The van der Waals surface area contributed by atoms with Crippen LogP contribution in [0.3, 0.4) is 0 Å². The number of aliphatic carboxylic acids is 1. The van der Waals surface area contributed by atoms with E-state index >= 15 is 0 Å². The molecule has 1 aromatic rings. The molecule has 3 N–H and O–H groups in total. The van der Waals surface area contributed by atoms with Gasteiger partial charge in [-0.05, 0) is 50.1 Å². The summed E-state index contributed by atoms with van der Waals surface area (Å²) in [6.07, 6.45) is 3.08. The highest BCUT2D eigenvalue weighted by atomic mass is 32.1. The number of carboxylic acid groups (broad SMARTS) is 1. The zero-order valence-electron chi connectivity index (χ0n) is 11.7. The molecule has 0 saturated carbocycles. The summed E-state index contributed by atoms with van der Waals surface area (Å²) in [5, 5.41) is 16.6. The minimum atomic E-state index is -0.907. The van der Waals surface area contributed by atoms with E-state index in [1.807, 2.05) is 0 Å². The third kappa shape index (κ3) is 3.30. The number of nitrogens with one attached hydrogen (secondary N) is 2. The van der Waals surface area contributed by atoms with Gasteiger partial charge in [0, 0.05) is 10.9 Å². The first-order valence-electron chi connectivity index (χ1n) is 6.85. The van der Waals surface area contributed by atoms with Crippen molar-refractivity contribution in [3.8, 4) is 0 Å². The first-order valence-corrected chi connectivity index (χ1v) is 7.73. The molecule has 110 valence electrons. The van der Waals surface area contributed by atoms with Crippen molar-refractivity contribution in [3.63, 3.8) is 0 Å². The topological polar surface area (TPSA) is 78.4 Å². The van der Waals surface area contributed by atoms with Crippen molar-refractivity contribution in [2.45, 2.75) is 45.2 Å². The van der Waals surface area contributed by atoms with Crippen LogP contribution >= 0.6 is 11.3 Å². The van der Waals surface area contributed by atoms with E-state index in [0.29, 0.717) is 0 Å². The van der Waals surface area contributed by atoms with Crippen LogP contribution in [0.15, 0.2) is 11.4 Å². The average Bonchev–Trinajstić information content (AvgIpc) is 2.86. The zero-order chi connectivity index (χ0) is 14.7. The Bertz CT molecular complexity index is 500. The van der Waals surface area contributed by atoms with Gasteiger partial charge in [-0.1, -0.05) is 0 Å². The number of hydrogen-bond donors (Lipinski definition) is 3. The molecule has 20 heavy (non-hydrogen) atoms. The van der Waals surface area contributed by atoms with Crippen LogP contribution in [0.25, 0.3) is 0 Å². The van der Waals surface area contributed by atoms with Crippen LogP contribution in [-0.4, -0.2) is 23.1 Å². The van der Waals surface area contributed by atoms with Gasteiger partial charge in [-0.3, -0.25) is 4.79 Å². The molecule has 3 atom stereocenters. The minimum Gasteiger partial charge on any atom is -0.481 e. The Morgan fingerprint density at radius 3 is 2.90 bits per heavy atom. The quantitative estimate of drug-likeness (QED) is 0.799. The molecule has 1 aliphatic rings. The van der Waals surface area contributed by atoms with Crippen LogP contribution in [0.5, 0.6) is 0 Å². The minimum absolute atomic E-state index is 0.0392. The lowest BCUT2D eigenvalue weighted by Gasteiger charge is -2.25. The van der Waals surface area contributed by atoms with Crippen LogP contribution in [-0.2, 0) is 11.2 Å². The van der Waals surface area contributed by atoms with Crippen molar-refractivity contribution in [3.05, 3.63) is 21.9 Å². The lowest BCUT2D eigenvalue weighted by molar-refractivity contribution is -0.141. The highest BCUT2D eigenvalue weighted by Gasteiger charge is 2.25. The maximum absolute atomic E-state index is 12.0. The van der Waals surface area contributed by atoms with Crippen LogP contribution in [0.1, 0.15) is 43.2 Å². The van der Waals surface area contributed by atoms with Crippen molar-refractivity contribution < 1.29 is 14.7 Å². The molecule has 2 amide bonds. The summed E-state index contributed by atoms with van der Waals surface area (Å²) < 4.78 is 0. The Kier molecular flexibility index (Phi) is 4.65. The molecule has 0 aromatic carbocycles. The molecule has 1 heterocycles. The van der Waals surface area contributed by atoms with Crippen molar-refractivity contribution in [1.29, 1.82) is 0 Å². The summed E-state index contributed by atoms with van der Waals surface area (Å²) in [5.74, 6) is -1.51. The first kappa shape index (κ1) is 14.8. The summed E-state index contributed by atoms with van der Waals surface area (Å²) >= 11 is 1.73. The number of carboxylic acids is 1. The molecule has 0 bridgehead atoms. The SMILES string of the molecule is CC(NC(=O)NC1CCCc2sccc21)C(C)C(=O)O. The third-order valence-electron chi connectivity index (χ3n) is 3.86. The van der Waals surface area contributed by atoms with Gasteiger partial charge in [0.25, 0.3) is 0 Å². The number of carbonyl (C=O) groups is 2. The lowest BCUT2D eigenvalue weighted by Crippen LogP contribution is -2.46. The molecule has 0 fully saturated rings. The first-order chi connectivity index (χ1) is 9.49. The summed E-state index contributed by atoms with van der Waals surface area (Å²) in [6.45, 7) is 3.29. The predicted molar refractivity (Wildman–Crippen MR) is 77.9 cm³/mol. The van der Waals surface area contributed by atoms with E-state index in [4.69, 9.17) is 5.11 Å². The molecule has 5 nitrogen and oxygen atoms in total. The van der Waals surface area contributed by atoms with Gasteiger partial charge in [0.15, 0.2) is 0 Å². The number of rotatable bonds is 4. The Balaban J connectivity index is 1.92. The van der Waals surface area contributed by atoms with Gasteiger partial charge in [-0.2, -0.15) is 0 Å². The normalized spacial score (nSPS) is 20.6. The Morgan fingerprint density at radius 1 is 1.45 bits per heavy atom. The van der Waals surface area contributed by atoms with Gasteiger partial charge >= 0.3 is 12.0 Å². The van der Waals surface area contributed by atoms with Gasteiger partial charge in [-0.15, -0.1) is 11.3 Å². The van der Waals surface area contributed by atoms with E-state index in [1.165, 1.54) is 10.4 Å². The second kappa shape index (κ2) is 6.26. The number of fused-ring (bicyclic) bond motifs is 1. The summed E-state index contributed by atoms with van der Waals surface area (Å²) in [7, 11) is 0. The highest BCUT2D eigenvalue weighted by molar-refractivity contribution is 7.10. The highest BCUT2D eigenvalue weighted by Crippen LogP contribution is 2.33. The third-order valence-corrected chi connectivity index (χ3v) is 4.85. The van der Waals surface area contributed by atoms with E-state index in [0.717, 1.165) is 19.3 Å². The molecule has 1 aromatic heterocycles. The summed E-state index contributed by atoms with van der Waals surface area (Å²) in [5.41, 5.74) is 1.20. The molecule has 0 radical (unpaired) electrons. The van der Waals surface area contributed by atoms with Gasteiger partial charge in [0.05, 0.1) is 12.0 Å². The van der Waals surface area contributed by atoms with Crippen LogP contribution in [0, 0.1) is 5.92 Å². The van der Waals surface area contributed by atoms with Crippen molar-refractivity contribution in [2.75, 3.05) is 0 Å². The fourth-order valence-electron chi connectivity index (χ4n) is 2.38. The standard InChI is InChI=1S/C14H20N2O3S/c1-8(13(17)18)9(2)15-14(19)16-11-4-3-5-12-10(11)6-7-20-12/h6-9,11H,3-5H2,1-2H3,(H,17,18)(H2,15,16,19). The molecule has 6 heteroatoms. The van der Waals surface area contributed by atoms with E-state index in [2.05, 4.69) is 22.1 Å². The number of thiophene rings is 1. The fourth-order valence-corrected chi connectivity index (χ4v) is 3.37. The van der Waals surface area contributed by atoms with Crippen LogP contribution in [0.2, 0.25) is 0 Å². The van der Waals surface area contributed by atoms with E-state index in [9.17, 15) is 9.59 Å². The Labute approximate surface area is 122 Å². The number of carbonyl (C=O) groups excluding carboxylic acids is 1. The van der Waals surface area contributed by atoms with Gasteiger partial charge in [-0.25, -0.2) is 4.79 Å². The number of aryl methyl sites for hydroxylation is 1. The number of amides is 2. The lowest BCUT2D eigenvalue weighted by atomic mass is 9.94. The maximum Gasteiger partial charge on any atom is 0.315 e. The van der Waals surface area contributed by atoms with Gasteiger partial charge < -0.3 is 15.7 Å². The number of urea groups is 1. The second-order valence-corrected chi connectivity index (χ2v) is 6.28. The summed E-state index contributed by atoms with van der Waals surface area (Å²) in [4.78, 5) is 24.2. The zero-order valence-corrected chi connectivity index (χ0v) is 12.5. The number of hydrogen-bond acceptors (Lipinski definition) is 3. The molecule has 1 aliphatic carbocycles. The van der Waals surface area contributed by atoms with Gasteiger partial charge in [0.1, 0.15) is 0 Å².